The van der Waals surface area contributed by atoms with Gasteiger partial charge in [-0.3, -0.25) is 4.79 Å². The Morgan fingerprint density at radius 3 is 3.00 bits per heavy atom. The molecule has 3 rings (SSSR count). The minimum absolute atomic E-state index is 0.0225. The number of carbonyl (C=O) groups is 1. The number of hydrogen-bond donors (Lipinski definition) is 1. The maximum atomic E-state index is 12.8. The highest BCUT2D eigenvalue weighted by atomic mass is 16.1. The van der Waals surface area contributed by atoms with Crippen molar-refractivity contribution in [2.45, 2.75) is 44.6 Å². The summed E-state index contributed by atoms with van der Waals surface area (Å²) in [4.78, 5) is 12.8. The van der Waals surface area contributed by atoms with E-state index in [0.717, 1.165) is 31.5 Å². The molecule has 0 amide bonds. The van der Waals surface area contributed by atoms with Crippen LogP contribution in [0.3, 0.4) is 0 Å². The van der Waals surface area contributed by atoms with Gasteiger partial charge in [0.1, 0.15) is 0 Å². The molecule has 0 spiro atoms. The fraction of sp³-hybridized carbons (Fsp3) is 0.471. The summed E-state index contributed by atoms with van der Waals surface area (Å²) in [5.41, 5.74) is 3.58. The van der Waals surface area contributed by atoms with Gasteiger partial charge >= 0.3 is 0 Å². The average Bonchev–Trinajstić information content (AvgIpc) is 2.75. The monoisotopic (exact) mass is 255 g/mol. The molecule has 0 bridgehead atoms. The maximum Gasteiger partial charge on any atom is 0.167 e. The van der Waals surface area contributed by atoms with Crippen molar-refractivity contribution in [3.8, 4) is 0 Å². The quantitative estimate of drug-likeness (QED) is 0.878. The van der Waals surface area contributed by atoms with Crippen molar-refractivity contribution in [3.63, 3.8) is 0 Å². The Kier molecular flexibility index (Phi) is 3.79. The fourth-order valence-corrected chi connectivity index (χ4v) is 3.19. The van der Waals surface area contributed by atoms with E-state index in [2.05, 4.69) is 29.6 Å². The summed E-state index contributed by atoms with van der Waals surface area (Å²) < 4.78 is 0. The molecule has 1 aromatic carbocycles. The zero-order valence-electron chi connectivity index (χ0n) is 11.3. The lowest BCUT2D eigenvalue weighted by atomic mass is 9.84. The Balaban J connectivity index is 1.86. The average molecular weight is 255 g/mol. The van der Waals surface area contributed by atoms with E-state index in [0.29, 0.717) is 5.78 Å². The van der Waals surface area contributed by atoms with Crippen LogP contribution in [0.5, 0.6) is 0 Å². The second-order valence-electron chi connectivity index (χ2n) is 5.58. The highest BCUT2D eigenvalue weighted by molar-refractivity contribution is 6.00. The Morgan fingerprint density at radius 1 is 1.16 bits per heavy atom. The van der Waals surface area contributed by atoms with E-state index in [-0.39, 0.29) is 5.92 Å². The van der Waals surface area contributed by atoms with Crippen molar-refractivity contribution in [1.29, 1.82) is 0 Å². The van der Waals surface area contributed by atoms with Gasteiger partial charge in [-0.1, -0.05) is 36.8 Å². The van der Waals surface area contributed by atoms with Crippen LogP contribution in [-0.4, -0.2) is 12.3 Å². The van der Waals surface area contributed by atoms with Crippen LogP contribution in [0, 0.1) is 0 Å². The standard InChI is InChI=1S/C17H21NO/c19-17(13-7-3-1-2-4-8-13)16-12-18-11-14-9-5-6-10-15(14)16/h5-7,9-10,16,18H,1-4,8,11-12H2. The van der Waals surface area contributed by atoms with Crippen molar-refractivity contribution < 1.29 is 4.79 Å². The molecule has 19 heavy (non-hydrogen) atoms. The summed E-state index contributed by atoms with van der Waals surface area (Å²) in [6.45, 7) is 1.67. The van der Waals surface area contributed by atoms with E-state index < -0.39 is 0 Å². The molecule has 2 nitrogen and oxygen atoms in total. The van der Waals surface area contributed by atoms with Crippen molar-refractivity contribution in [2.24, 2.45) is 0 Å². The second-order valence-corrected chi connectivity index (χ2v) is 5.58. The Hall–Kier alpha value is -1.41. The minimum atomic E-state index is 0.0225. The molecule has 1 aliphatic carbocycles. The highest BCUT2D eigenvalue weighted by Crippen LogP contribution is 2.29. The third kappa shape index (κ3) is 2.64. The third-order valence-electron chi connectivity index (χ3n) is 4.27. The summed E-state index contributed by atoms with van der Waals surface area (Å²) in [7, 11) is 0. The lowest BCUT2D eigenvalue weighted by Crippen LogP contribution is -2.33. The van der Waals surface area contributed by atoms with Crippen molar-refractivity contribution in [2.75, 3.05) is 6.54 Å². The highest BCUT2D eigenvalue weighted by Gasteiger charge is 2.28. The van der Waals surface area contributed by atoms with Crippen molar-refractivity contribution >= 4 is 5.78 Å². The molecular weight excluding hydrogens is 234 g/mol. The van der Waals surface area contributed by atoms with Crippen LogP contribution in [0.4, 0.5) is 0 Å². The van der Waals surface area contributed by atoms with Gasteiger partial charge in [-0.25, -0.2) is 0 Å². The number of fused-ring (bicyclic) bond motifs is 1. The van der Waals surface area contributed by atoms with E-state index in [9.17, 15) is 4.79 Å². The van der Waals surface area contributed by atoms with E-state index in [1.54, 1.807) is 0 Å². The molecule has 1 atom stereocenters. The van der Waals surface area contributed by atoms with Crippen molar-refractivity contribution in [3.05, 3.63) is 47.0 Å². The zero-order valence-corrected chi connectivity index (χ0v) is 11.3. The van der Waals surface area contributed by atoms with Gasteiger partial charge in [-0.05, 0) is 42.4 Å². The molecule has 1 aliphatic heterocycles. The largest absolute Gasteiger partial charge is 0.312 e. The van der Waals surface area contributed by atoms with Crippen molar-refractivity contribution in [1.82, 2.24) is 5.32 Å². The normalized spacial score (nSPS) is 23.2. The Morgan fingerprint density at radius 2 is 2.05 bits per heavy atom. The van der Waals surface area contributed by atoms with E-state index >= 15 is 0 Å². The molecule has 0 saturated heterocycles. The van der Waals surface area contributed by atoms with Crippen LogP contribution in [0.1, 0.15) is 49.1 Å². The predicted molar refractivity (Wildman–Crippen MR) is 77.1 cm³/mol. The van der Waals surface area contributed by atoms with E-state index in [1.807, 2.05) is 6.07 Å². The van der Waals surface area contributed by atoms with Crippen LogP contribution in [0.2, 0.25) is 0 Å². The first-order chi connectivity index (χ1) is 9.36. The van der Waals surface area contributed by atoms with Gasteiger partial charge in [0.05, 0.1) is 5.92 Å². The van der Waals surface area contributed by atoms with Gasteiger partial charge in [0, 0.05) is 13.1 Å². The zero-order chi connectivity index (χ0) is 13.1. The first kappa shape index (κ1) is 12.6. The van der Waals surface area contributed by atoms with Gasteiger partial charge in [0.2, 0.25) is 0 Å². The van der Waals surface area contributed by atoms with Crippen LogP contribution < -0.4 is 5.32 Å². The van der Waals surface area contributed by atoms with Crippen LogP contribution >= 0.6 is 0 Å². The van der Waals surface area contributed by atoms with Crippen LogP contribution in [0.25, 0.3) is 0 Å². The molecule has 0 aromatic heterocycles. The number of rotatable bonds is 2. The summed E-state index contributed by atoms with van der Waals surface area (Å²) in [5, 5.41) is 3.38. The lowest BCUT2D eigenvalue weighted by molar-refractivity contribution is -0.117. The molecule has 0 radical (unpaired) electrons. The number of carbonyl (C=O) groups excluding carboxylic acids is 1. The van der Waals surface area contributed by atoms with E-state index in [1.165, 1.54) is 30.4 Å². The Labute approximate surface area is 114 Å². The molecule has 0 saturated carbocycles. The fourth-order valence-electron chi connectivity index (χ4n) is 3.19. The van der Waals surface area contributed by atoms with Gasteiger partial charge in [-0.2, -0.15) is 0 Å². The third-order valence-corrected chi connectivity index (χ3v) is 4.27. The lowest BCUT2D eigenvalue weighted by Gasteiger charge is -2.26. The first-order valence-corrected chi connectivity index (χ1v) is 7.38. The number of nitrogens with one attached hydrogen (secondary N) is 1. The van der Waals surface area contributed by atoms with Crippen LogP contribution in [-0.2, 0) is 11.3 Å². The summed E-state index contributed by atoms with van der Waals surface area (Å²) in [6, 6.07) is 8.35. The molecular formula is C17H21NO. The van der Waals surface area contributed by atoms with Gasteiger partial charge in [-0.15, -0.1) is 0 Å². The maximum absolute atomic E-state index is 12.8. The van der Waals surface area contributed by atoms with Gasteiger partial charge in [0.15, 0.2) is 5.78 Å². The molecule has 2 heteroatoms. The minimum Gasteiger partial charge on any atom is -0.312 e. The number of hydrogen-bond acceptors (Lipinski definition) is 2. The second kappa shape index (κ2) is 5.70. The molecule has 1 unspecified atom stereocenters. The SMILES string of the molecule is O=C(C1=CCCCCC1)C1CNCc2ccccc21. The Bertz CT molecular complexity index is 504. The number of ketones is 1. The molecule has 1 aromatic rings. The van der Waals surface area contributed by atoms with E-state index in [4.69, 9.17) is 0 Å². The topological polar surface area (TPSA) is 29.1 Å². The first-order valence-electron chi connectivity index (χ1n) is 7.38. The number of benzene rings is 1. The predicted octanol–water partition coefficient (Wildman–Crippen LogP) is 3.33. The molecule has 0 fully saturated rings. The molecule has 1 N–H and O–H groups in total. The number of allylic oxidation sites excluding steroid dienone is 2. The number of Topliss-reactive ketones (excluding diaryl/α,β-unsaturated/α-hetero) is 1. The molecule has 2 aliphatic rings. The van der Waals surface area contributed by atoms with Crippen LogP contribution in [0.15, 0.2) is 35.9 Å². The van der Waals surface area contributed by atoms with Gasteiger partial charge in [0.25, 0.3) is 0 Å². The smallest absolute Gasteiger partial charge is 0.167 e. The van der Waals surface area contributed by atoms with Gasteiger partial charge < -0.3 is 5.32 Å². The summed E-state index contributed by atoms with van der Waals surface area (Å²) >= 11 is 0. The summed E-state index contributed by atoms with van der Waals surface area (Å²) in [5.74, 6) is 0.371. The molecule has 100 valence electrons. The molecule has 1 heterocycles. The summed E-state index contributed by atoms with van der Waals surface area (Å²) in [6.07, 6.45) is 7.88.